The van der Waals surface area contributed by atoms with Crippen LogP contribution in [0.1, 0.15) is 58.1 Å². The van der Waals surface area contributed by atoms with Crippen LogP contribution in [0, 0.1) is 5.41 Å². The van der Waals surface area contributed by atoms with Crippen molar-refractivity contribution >= 4 is 27.8 Å². The molecule has 2 unspecified atom stereocenters. The fraction of sp³-hybridized carbons (Fsp3) is 0.500. The Labute approximate surface area is 195 Å². The molecule has 0 fully saturated rings. The number of carboxylic acid groups (broad SMARTS) is 1. The Kier molecular flexibility index (Phi) is 8.85. The number of allylic oxidation sites excluding steroid dienone is 3. The number of alkyl carbamates (subject to hydrolysis) is 1. The number of hydrogen-bond donors (Lipinski definition) is 2. The number of carbonyl (C=O) groups is 2. The largest absolute Gasteiger partial charge is 0.480 e. The van der Waals surface area contributed by atoms with E-state index in [2.05, 4.69) is 5.32 Å². The number of amides is 1. The van der Waals surface area contributed by atoms with E-state index in [0.717, 1.165) is 22.3 Å². The van der Waals surface area contributed by atoms with Gasteiger partial charge in [-0.25, -0.2) is 9.59 Å². The SMILES string of the molecule is C/C=C\C1=C(C)C(COC(=O)NC(CCS(=O)(=O)OCC(C)(C)C)C(=O)O)c2ccccc21. The number of rotatable bonds is 10. The lowest BCUT2D eigenvalue weighted by atomic mass is 9.98. The quantitative estimate of drug-likeness (QED) is 0.485. The van der Waals surface area contributed by atoms with Gasteiger partial charge in [0.2, 0.25) is 0 Å². The summed E-state index contributed by atoms with van der Waals surface area (Å²) < 4.78 is 34.4. The van der Waals surface area contributed by atoms with Crippen LogP contribution in [0.2, 0.25) is 0 Å². The van der Waals surface area contributed by atoms with Crippen LogP contribution in [-0.2, 0) is 23.8 Å². The van der Waals surface area contributed by atoms with E-state index < -0.39 is 34.0 Å². The van der Waals surface area contributed by atoms with E-state index in [0.29, 0.717) is 0 Å². The van der Waals surface area contributed by atoms with E-state index >= 15 is 0 Å². The van der Waals surface area contributed by atoms with Crippen LogP contribution in [0.25, 0.3) is 5.57 Å². The fourth-order valence-electron chi connectivity index (χ4n) is 3.47. The van der Waals surface area contributed by atoms with Crippen LogP contribution in [0.4, 0.5) is 4.79 Å². The standard InChI is InChI=1S/C24H33NO7S/c1-6-9-17-16(2)20(19-11-8-7-10-18(17)19)14-31-23(28)25-21(22(26)27)12-13-33(29,30)32-15-24(3,4)5/h6-11,20-21H,12-15H2,1-5H3,(H,25,28)(H,26,27)/b9-6-. The summed E-state index contributed by atoms with van der Waals surface area (Å²) in [5.74, 6) is -2.03. The number of carbonyl (C=O) groups excluding carboxylic acids is 1. The number of benzene rings is 1. The van der Waals surface area contributed by atoms with Crippen LogP contribution >= 0.6 is 0 Å². The lowest BCUT2D eigenvalue weighted by Gasteiger charge is -2.19. The van der Waals surface area contributed by atoms with Gasteiger partial charge in [0.15, 0.2) is 0 Å². The van der Waals surface area contributed by atoms with Crippen LogP contribution in [0.3, 0.4) is 0 Å². The number of fused-ring (bicyclic) bond motifs is 1. The summed E-state index contributed by atoms with van der Waals surface area (Å²) in [7, 11) is -3.92. The Morgan fingerprint density at radius 2 is 1.91 bits per heavy atom. The number of ether oxygens (including phenoxy) is 1. The normalized spacial score (nSPS) is 17.2. The van der Waals surface area contributed by atoms with Crippen molar-refractivity contribution < 1.29 is 32.0 Å². The second-order valence-electron chi connectivity index (χ2n) is 9.24. The van der Waals surface area contributed by atoms with Gasteiger partial charge < -0.3 is 15.2 Å². The smallest absolute Gasteiger partial charge is 0.407 e. The van der Waals surface area contributed by atoms with Gasteiger partial charge in [-0.1, -0.05) is 62.8 Å². The van der Waals surface area contributed by atoms with Gasteiger partial charge in [0.05, 0.1) is 12.4 Å². The predicted octanol–water partition coefficient (Wildman–Crippen LogP) is 4.10. The zero-order valence-electron chi connectivity index (χ0n) is 19.8. The number of nitrogens with one attached hydrogen (secondary N) is 1. The Bertz CT molecular complexity index is 1040. The zero-order chi connectivity index (χ0) is 24.8. The number of hydrogen-bond acceptors (Lipinski definition) is 6. The molecule has 0 radical (unpaired) electrons. The average molecular weight is 480 g/mol. The minimum Gasteiger partial charge on any atom is -0.480 e. The monoisotopic (exact) mass is 479 g/mol. The first kappa shape index (κ1) is 26.6. The van der Waals surface area contributed by atoms with Crippen molar-refractivity contribution in [2.45, 2.75) is 53.0 Å². The molecule has 0 bridgehead atoms. The Balaban J connectivity index is 1.97. The minimum atomic E-state index is -3.92. The molecule has 2 rings (SSSR count). The molecule has 0 aliphatic heterocycles. The molecule has 1 aromatic rings. The summed E-state index contributed by atoms with van der Waals surface area (Å²) in [6.07, 6.45) is 2.70. The van der Waals surface area contributed by atoms with Gasteiger partial charge in [0.25, 0.3) is 10.1 Å². The van der Waals surface area contributed by atoms with E-state index in [1.807, 2.05) is 71.0 Å². The van der Waals surface area contributed by atoms with Crippen LogP contribution in [0.15, 0.2) is 42.0 Å². The Hall–Kier alpha value is -2.65. The molecule has 1 amide bonds. The summed E-state index contributed by atoms with van der Waals surface area (Å²) in [6, 6.07) is 6.43. The topological polar surface area (TPSA) is 119 Å². The third kappa shape index (κ3) is 7.71. The van der Waals surface area contributed by atoms with Crippen molar-refractivity contribution in [3.63, 3.8) is 0 Å². The van der Waals surface area contributed by atoms with Crippen LogP contribution in [0.5, 0.6) is 0 Å². The molecule has 1 aliphatic carbocycles. The van der Waals surface area contributed by atoms with Crippen molar-refractivity contribution in [3.8, 4) is 0 Å². The average Bonchev–Trinajstić information content (AvgIpc) is 2.99. The van der Waals surface area contributed by atoms with Crippen LogP contribution < -0.4 is 5.32 Å². The van der Waals surface area contributed by atoms with Crippen LogP contribution in [-0.4, -0.2) is 50.6 Å². The lowest BCUT2D eigenvalue weighted by molar-refractivity contribution is -0.139. The number of carboxylic acids is 1. The minimum absolute atomic E-state index is 0.0204. The Morgan fingerprint density at radius 1 is 1.24 bits per heavy atom. The lowest BCUT2D eigenvalue weighted by Crippen LogP contribution is -2.42. The molecule has 0 saturated carbocycles. The summed E-state index contributed by atoms with van der Waals surface area (Å²) in [4.78, 5) is 23.9. The maximum Gasteiger partial charge on any atom is 0.407 e. The summed E-state index contributed by atoms with van der Waals surface area (Å²) in [5, 5.41) is 11.7. The molecule has 8 nitrogen and oxygen atoms in total. The van der Waals surface area contributed by atoms with E-state index in [9.17, 15) is 23.1 Å². The van der Waals surface area contributed by atoms with E-state index in [4.69, 9.17) is 8.92 Å². The van der Waals surface area contributed by atoms with Gasteiger partial charge in [-0.15, -0.1) is 0 Å². The van der Waals surface area contributed by atoms with Crippen molar-refractivity contribution in [3.05, 3.63) is 53.1 Å². The molecule has 0 heterocycles. The molecular formula is C24H33NO7S. The predicted molar refractivity (Wildman–Crippen MR) is 126 cm³/mol. The third-order valence-corrected chi connectivity index (χ3v) is 6.42. The highest BCUT2D eigenvalue weighted by atomic mass is 32.2. The van der Waals surface area contributed by atoms with E-state index in [1.54, 1.807) is 0 Å². The molecule has 2 N–H and O–H groups in total. The molecule has 1 aromatic carbocycles. The first-order chi connectivity index (χ1) is 15.3. The van der Waals surface area contributed by atoms with Gasteiger partial charge in [-0.3, -0.25) is 4.18 Å². The highest BCUT2D eigenvalue weighted by Gasteiger charge is 2.29. The van der Waals surface area contributed by atoms with Crippen molar-refractivity contribution in [1.29, 1.82) is 0 Å². The Morgan fingerprint density at radius 3 is 2.52 bits per heavy atom. The molecule has 182 valence electrons. The van der Waals surface area contributed by atoms with Gasteiger partial charge in [-0.05, 0) is 42.4 Å². The van der Waals surface area contributed by atoms with Crippen molar-refractivity contribution in [1.82, 2.24) is 5.32 Å². The zero-order valence-corrected chi connectivity index (χ0v) is 20.6. The van der Waals surface area contributed by atoms with Gasteiger partial charge in [-0.2, -0.15) is 8.42 Å². The molecule has 2 atom stereocenters. The first-order valence-corrected chi connectivity index (χ1v) is 12.4. The third-order valence-electron chi connectivity index (χ3n) is 5.21. The van der Waals surface area contributed by atoms with Gasteiger partial charge in [0.1, 0.15) is 12.6 Å². The molecule has 1 aliphatic rings. The highest BCUT2D eigenvalue weighted by molar-refractivity contribution is 7.86. The van der Waals surface area contributed by atoms with Gasteiger partial charge in [0, 0.05) is 5.92 Å². The maximum atomic E-state index is 12.3. The van der Waals surface area contributed by atoms with E-state index in [-0.39, 0.29) is 31.0 Å². The maximum absolute atomic E-state index is 12.3. The first-order valence-electron chi connectivity index (χ1n) is 10.8. The molecule has 0 spiro atoms. The molecule has 0 aromatic heterocycles. The van der Waals surface area contributed by atoms with Crippen molar-refractivity contribution in [2.24, 2.45) is 5.41 Å². The summed E-state index contributed by atoms with van der Waals surface area (Å²) in [5.41, 5.74) is 3.88. The summed E-state index contributed by atoms with van der Waals surface area (Å²) >= 11 is 0. The molecular weight excluding hydrogens is 446 g/mol. The second kappa shape index (κ2) is 11.0. The molecule has 33 heavy (non-hydrogen) atoms. The number of aliphatic carboxylic acids is 1. The molecule has 0 saturated heterocycles. The molecule has 9 heteroatoms. The van der Waals surface area contributed by atoms with Gasteiger partial charge >= 0.3 is 12.1 Å². The fourth-order valence-corrected chi connectivity index (χ4v) is 4.65. The van der Waals surface area contributed by atoms with Crippen molar-refractivity contribution in [2.75, 3.05) is 19.0 Å². The second-order valence-corrected chi connectivity index (χ2v) is 11.0. The van der Waals surface area contributed by atoms with E-state index in [1.165, 1.54) is 0 Å². The highest BCUT2D eigenvalue weighted by Crippen LogP contribution is 2.42. The summed E-state index contributed by atoms with van der Waals surface area (Å²) in [6.45, 7) is 9.39.